The molecule has 3 aromatic rings. The van der Waals surface area contributed by atoms with E-state index in [9.17, 15) is 14.0 Å². The molecule has 1 saturated carbocycles. The first-order valence-corrected chi connectivity index (χ1v) is 10.7. The van der Waals surface area contributed by atoms with Crippen molar-refractivity contribution in [3.05, 3.63) is 65.3 Å². The Bertz CT molecular complexity index is 988. The van der Waals surface area contributed by atoms with Crippen molar-refractivity contribution in [2.75, 3.05) is 4.90 Å². The summed E-state index contributed by atoms with van der Waals surface area (Å²) < 4.78 is 23.3. The van der Waals surface area contributed by atoms with E-state index in [2.05, 4.69) is 14.9 Å². The van der Waals surface area contributed by atoms with Crippen molar-refractivity contribution in [2.24, 2.45) is 0 Å². The second kappa shape index (κ2) is 9.17. The van der Waals surface area contributed by atoms with Gasteiger partial charge < -0.3 is 9.73 Å². The fourth-order valence-electron chi connectivity index (χ4n) is 3.74. The molecular weight excluding hydrogens is 407 g/mol. The highest BCUT2D eigenvalue weighted by Crippen LogP contribution is 2.31. The van der Waals surface area contributed by atoms with Gasteiger partial charge in [0.05, 0.1) is 6.26 Å². The van der Waals surface area contributed by atoms with Gasteiger partial charge in [0.2, 0.25) is 0 Å². The van der Waals surface area contributed by atoms with Crippen LogP contribution in [0.5, 0.6) is 0 Å². The van der Waals surface area contributed by atoms with Gasteiger partial charge >= 0.3 is 0 Å². The second-order valence-corrected chi connectivity index (χ2v) is 7.82. The van der Waals surface area contributed by atoms with Crippen LogP contribution in [0.2, 0.25) is 0 Å². The van der Waals surface area contributed by atoms with E-state index in [1.807, 2.05) is 0 Å². The maximum absolute atomic E-state index is 14.0. The molecule has 1 aliphatic rings. The monoisotopic (exact) mass is 428 g/mol. The number of furan rings is 1. The molecule has 9 heteroatoms. The Labute approximate surface area is 177 Å². The van der Waals surface area contributed by atoms with Gasteiger partial charge in [-0.05, 0) is 54.7 Å². The maximum atomic E-state index is 14.0. The molecule has 0 radical (unpaired) electrons. The third-order valence-electron chi connectivity index (χ3n) is 5.16. The van der Waals surface area contributed by atoms with Gasteiger partial charge in [-0.2, -0.15) is 0 Å². The molecule has 1 fully saturated rings. The third-order valence-corrected chi connectivity index (χ3v) is 5.66. The molecule has 4 rings (SSSR count). The predicted octanol–water partition coefficient (Wildman–Crippen LogP) is 4.11. The molecule has 2 heterocycles. The summed E-state index contributed by atoms with van der Waals surface area (Å²) in [5, 5.41) is 8.39. The number of anilines is 1. The molecular formula is C21H21FN4O3S. The minimum atomic E-state index is -1.11. The molecule has 1 N–H and O–H groups in total. The second-order valence-electron chi connectivity index (χ2n) is 7.21. The Morgan fingerprint density at radius 1 is 1.20 bits per heavy atom. The Kier molecular flexibility index (Phi) is 6.18. The number of nitrogens with zero attached hydrogens (tertiary/aromatic N) is 3. The third kappa shape index (κ3) is 4.40. The SMILES string of the molecule is O=C(NC1CCCCC1)[C@@H](c1ccco1)N(C(=O)c1csnn1)c1cccc(F)c1. The Morgan fingerprint density at radius 3 is 2.70 bits per heavy atom. The molecule has 0 bridgehead atoms. The van der Waals surface area contributed by atoms with Gasteiger partial charge in [0.25, 0.3) is 11.8 Å². The maximum Gasteiger partial charge on any atom is 0.280 e. The van der Waals surface area contributed by atoms with Crippen LogP contribution in [0.1, 0.15) is 54.4 Å². The largest absolute Gasteiger partial charge is 0.467 e. The summed E-state index contributed by atoms with van der Waals surface area (Å²) >= 11 is 1.02. The van der Waals surface area contributed by atoms with E-state index in [-0.39, 0.29) is 29.1 Å². The molecule has 7 nitrogen and oxygen atoms in total. The quantitative estimate of drug-likeness (QED) is 0.638. The molecule has 2 amide bonds. The number of carbonyl (C=O) groups excluding carboxylic acids is 2. The lowest BCUT2D eigenvalue weighted by Gasteiger charge is -2.31. The highest BCUT2D eigenvalue weighted by Gasteiger charge is 2.37. The van der Waals surface area contributed by atoms with Crippen LogP contribution in [0.15, 0.2) is 52.5 Å². The summed E-state index contributed by atoms with van der Waals surface area (Å²) in [6, 6.07) is 7.75. The van der Waals surface area contributed by atoms with Crippen molar-refractivity contribution in [1.82, 2.24) is 14.9 Å². The molecule has 1 atom stereocenters. The fourth-order valence-corrected chi connectivity index (χ4v) is 4.17. The first-order valence-electron chi connectivity index (χ1n) is 9.83. The Hall–Kier alpha value is -3.07. The molecule has 2 aromatic heterocycles. The molecule has 1 aliphatic carbocycles. The molecule has 30 heavy (non-hydrogen) atoms. The van der Waals surface area contributed by atoms with Gasteiger partial charge in [0.15, 0.2) is 11.7 Å². The molecule has 0 aliphatic heterocycles. The number of halogens is 1. The smallest absolute Gasteiger partial charge is 0.280 e. The van der Waals surface area contributed by atoms with Crippen LogP contribution in [0.25, 0.3) is 0 Å². The summed E-state index contributed by atoms with van der Waals surface area (Å²) in [6.07, 6.45) is 6.47. The number of rotatable bonds is 6. The lowest BCUT2D eigenvalue weighted by Crippen LogP contribution is -2.47. The van der Waals surface area contributed by atoms with E-state index >= 15 is 0 Å². The summed E-state index contributed by atoms with van der Waals surface area (Å²) in [5.74, 6) is -1.18. The van der Waals surface area contributed by atoms with Crippen molar-refractivity contribution >= 4 is 29.0 Å². The van der Waals surface area contributed by atoms with Gasteiger partial charge in [-0.1, -0.05) is 29.8 Å². The van der Waals surface area contributed by atoms with Crippen LogP contribution in [0.3, 0.4) is 0 Å². The van der Waals surface area contributed by atoms with E-state index in [0.717, 1.165) is 43.6 Å². The highest BCUT2D eigenvalue weighted by molar-refractivity contribution is 7.03. The topological polar surface area (TPSA) is 88.3 Å². The van der Waals surface area contributed by atoms with Gasteiger partial charge in [-0.15, -0.1) is 5.10 Å². The van der Waals surface area contributed by atoms with Gasteiger partial charge in [-0.3, -0.25) is 14.5 Å². The number of hydrogen-bond acceptors (Lipinski definition) is 6. The Morgan fingerprint density at radius 2 is 2.03 bits per heavy atom. The van der Waals surface area contributed by atoms with Crippen molar-refractivity contribution in [3.8, 4) is 0 Å². The minimum absolute atomic E-state index is 0.0362. The van der Waals surface area contributed by atoms with Crippen LogP contribution in [-0.2, 0) is 4.79 Å². The van der Waals surface area contributed by atoms with E-state index in [1.165, 1.54) is 34.7 Å². The van der Waals surface area contributed by atoms with Crippen LogP contribution < -0.4 is 10.2 Å². The number of benzene rings is 1. The van der Waals surface area contributed by atoms with E-state index in [0.29, 0.717) is 0 Å². The summed E-state index contributed by atoms with van der Waals surface area (Å²) in [6.45, 7) is 0. The van der Waals surface area contributed by atoms with E-state index < -0.39 is 17.8 Å². The van der Waals surface area contributed by atoms with Gasteiger partial charge in [0.1, 0.15) is 11.6 Å². The molecule has 1 aromatic carbocycles. The average molecular weight is 428 g/mol. The first kappa shape index (κ1) is 20.2. The van der Waals surface area contributed by atoms with Crippen molar-refractivity contribution in [3.63, 3.8) is 0 Å². The van der Waals surface area contributed by atoms with Crippen LogP contribution in [-0.4, -0.2) is 27.4 Å². The molecule has 0 spiro atoms. The number of aromatic nitrogens is 2. The summed E-state index contributed by atoms with van der Waals surface area (Å²) in [4.78, 5) is 27.9. The first-order chi connectivity index (χ1) is 14.6. The van der Waals surface area contributed by atoms with E-state index in [1.54, 1.807) is 18.2 Å². The van der Waals surface area contributed by atoms with Crippen molar-refractivity contribution in [1.29, 1.82) is 0 Å². The molecule has 156 valence electrons. The predicted molar refractivity (Wildman–Crippen MR) is 110 cm³/mol. The average Bonchev–Trinajstić information content (AvgIpc) is 3.46. The van der Waals surface area contributed by atoms with Crippen LogP contribution in [0.4, 0.5) is 10.1 Å². The van der Waals surface area contributed by atoms with Crippen LogP contribution in [0, 0.1) is 5.82 Å². The standard InChI is InChI=1S/C21H21FN4O3S/c22-14-6-4-9-16(12-14)26(21(28)17-13-30-25-24-17)19(18-10-5-11-29-18)20(27)23-15-7-2-1-3-8-15/h4-6,9-13,15,19H,1-3,7-8H2,(H,23,27)/t19-/m1/s1. The van der Waals surface area contributed by atoms with Crippen LogP contribution >= 0.6 is 11.5 Å². The normalized spacial score (nSPS) is 15.5. The fraction of sp³-hybridized carbons (Fsp3) is 0.333. The van der Waals surface area contributed by atoms with E-state index in [4.69, 9.17) is 4.42 Å². The zero-order chi connectivity index (χ0) is 20.9. The molecule has 0 saturated heterocycles. The van der Waals surface area contributed by atoms with Gasteiger partial charge in [0, 0.05) is 17.1 Å². The summed E-state index contributed by atoms with van der Waals surface area (Å²) in [5.41, 5.74) is 0.305. The lowest BCUT2D eigenvalue weighted by molar-refractivity contribution is -0.123. The number of nitrogens with one attached hydrogen (secondary N) is 1. The lowest BCUT2D eigenvalue weighted by atomic mass is 9.95. The minimum Gasteiger partial charge on any atom is -0.467 e. The summed E-state index contributed by atoms with van der Waals surface area (Å²) in [7, 11) is 0. The zero-order valence-corrected chi connectivity index (χ0v) is 17.0. The molecule has 0 unspecified atom stereocenters. The zero-order valence-electron chi connectivity index (χ0n) is 16.2. The number of amides is 2. The van der Waals surface area contributed by atoms with Crippen molar-refractivity contribution < 1.29 is 18.4 Å². The highest BCUT2D eigenvalue weighted by atomic mass is 32.1. The number of carbonyl (C=O) groups is 2. The Balaban J connectivity index is 1.74. The van der Waals surface area contributed by atoms with Gasteiger partial charge in [-0.25, -0.2) is 4.39 Å². The number of hydrogen-bond donors (Lipinski definition) is 1. The van der Waals surface area contributed by atoms with Crippen molar-refractivity contribution in [2.45, 2.75) is 44.2 Å².